The Hall–Kier alpha value is -2.56. The molecule has 0 aliphatic carbocycles. The Bertz CT molecular complexity index is 953. The van der Waals surface area contributed by atoms with Gasteiger partial charge in [-0.05, 0) is 30.7 Å². The van der Waals surface area contributed by atoms with Gasteiger partial charge in [0.2, 0.25) is 9.47 Å². The van der Waals surface area contributed by atoms with Crippen molar-refractivity contribution < 1.29 is 17.6 Å². The van der Waals surface area contributed by atoms with Crippen LogP contribution in [0.15, 0.2) is 57.5 Å². The normalized spacial score (nSPS) is 11.4. The molecule has 10 heteroatoms. The van der Waals surface area contributed by atoms with Crippen molar-refractivity contribution in [3.63, 3.8) is 0 Å². The van der Waals surface area contributed by atoms with Crippen molar-refractivity contribution in [1.29, 1.82) is 0 Å². The predicted octanol–water partition coefficient (Wildman–Crippen LogP) is 2.29. The van der Waals surface area contributed by atoms with Gasteiger partial charge in [0.15, 0.2) is 0 Å². The number of carbonyl (C=O) groups is 1. The molecule has 0 spiro atoms. The molecule has 0 fully saturated rings. The first-order valence-electron chi connectivity index (χ1n) is 7.76. The predicted molar refractivity (Wildman–Crippen MR) is 96.5 cm³/mol. The second-order valence-corrected chi connectivity index (χ2v) is 8.19. The van der Waals surface area contributed by atoms with Gasteiger partial charge in [0, 0.05) is 18.5 Å². The number of hydrogen-bond donors (Lipinski definition) is 2. The van der Waals surface area contributed by atoms with Crippen molar-refractivity contribution in [3.05, 3.63) is 60.1 Å². The van der Waals surface area contributed by atoms with E-state index < -0.39 is 10.0 Å². The van der Waals surface area contributed by atoms with Crippen LogP contribution in [0.1, 0.15) is 22.5 Å². The van der Waals surface area contributed by atoms with Crippen LogP contribution in [-0.2, 0) is 16.4 Å². The number of amides is 1. The van der Waals surface area contributed by atoms with Gasteiger partial charge < -0.3 is 4.42 Å². The van der Waals surface area contributed by atoms with Gasteiger partial charge in [-0.2, -0.15) is 0 Å². The van der Waals surface area contributed by atoms with Gasteiger partial charge in [0.1, 0.15) is 5.76 Å². The summed E-state index contributed by atoms with van der Waals surface area (Å²) in [7, 11) is -3.77. The molecule has 136 valence electrons. The zero-order chi connectivity index (χ0) is 18.4. The first-order valence-corrected chi connectivity index (χ1v) is 10.1. The van der Waals surface area contributed by atoms with Crippen molar-refractivity contribution in [3.8, 4) is 0 Å². The van der Waals surface area contributed by atoms with Crippen LogP contribution in [0.4, 0.5) is 5.13 Å². The molecule has 2 heterocycles. The molecule has 0 unspecified atom stereocenters. The lowest BCUT2D eigenvalue weighted by atomic mass is 10.2. The van der Waals surface area contributed by atoms with Gasteiger partial charge >= 0.3 is 0 Å². The largest absolute Gasteiger partial charge is 0.469 e. The lowest BCUT2D eigenvalue weighted by molar-refractivity contribution is 0.102. The fraction of sp³-hybridized carbons (Fsp3) is 0.188. The molecule has 8 nitrogen and oxygen atoms in total. The molecule has 1 amide bonds. The summed E-state index contributed by atoms with van der Waals surface area (Å²) in [5.74, 6) is 0.420. The van der Waals surface area contributed by atoms with Gasteiger partial charge in [-0.15, -0.1) is 10.2 Å². The molecule has 1 aromatic carbocycles. The smallest absolute Gasteiger partial charge is 0.269 e. The summed E-state index contributed by atoms with van der Waals surface area (Å²) in [5.41, 5.74) is 0.447. The molecule has 2 aromatic heterocycles. The quantitative estimate of drug-likeness (QED) is 0.449. The Morgan fingerprint density at radius 1 is 1.12 bits per heavy atom. The topological polar surface area (TPSA) is 114 Å². The molecule has 0 bridgehead atoms. The lowest BCUT2D eigenvalue weighted by Crippen LogP contribution is -2.25. The minimum Gasteiger partial charge on any atom is -0.469 e. The first kappa shape index (κ1) is 18.2. The number of furan rings is 1. The summed E-state index contributed by atoms with van der Waals surface area (Å²) in [6.45, 7) is 0.244. The molecule has 0 aliphatic rings. The van der Waals surface area contributed by atoms with E-state index in [0.29, 0.717) is 18.4 Å². The highest BCUT2D eigenvalue weighted by atomic mass is 32.2. The highest BCUT2D eigenvalue weighted by Gasteiger charge is 2.20. The summed E-state index contributed by atoms with van der Waals surface area (Å²) < 4.78 is 31.9. The van der Waals surface area contributed by atoms with Crippen LogP contribution in [0, 0.1) is 0 Å². The van der Waals surface area contributed by atoms with E-state index in [2.05, 4.69) is 20.2 Å². The summed E-state index contributed by atoms with van der Waals surface area (Å²) in [5, 5.41) is 10.0. The van der Waals surface area contributed by atoms with Crippen LogP contribution >= 0.6 is 11.3 Å². The van der Waals surface area contributed by atoms with Crippen LogP contribution in [0.2, 0.25) is 0 Å². The number of nitrogens with one attached hydrogen (secondary N) is 2. The fourth-order valence-electron chi connectivity index (χ4n) is 2.11. The zero-order valence-corrected chi connectivity index (χ0v) is 15.2. The number of hydrogen-bond acceptors (Lipinski definition) is 7. The maximum atomic E-state index is 12.2. The van der Waals surface area contributed by atoms with E-state index in [1.807, 2.05) is 6.07 Å². The molecule has 0 radical (unpaired) electrons. The van der Waals surface area contributed by atoms with Crippen molar-refractivity contribution in [2.45, 2.75) is 17.2 Å². The van der Waals surface area contributed by atoms with Crippen molar-refractivity contribution in [2.75, 3.05) is 11.9 Å². The molecular formula is C16H16N4O4S2. The number of nitrogens with zero attached hydrogens (tertiary/aromatic N) is 2. The molecule has 0 saturated heterocycles. The molecule has 2 N–H and O–H groups in total. The van der Waals surface area contributed by atoms with E-state index in [1.165, 1.54) is 0 Å². The minimum atomic E-state index is -3.77. The second-order valence-electron chi connectivity index (χ2n) is 5.27. The SMILES string of the molecule is O=C(Nc1nnc(S(=O)(=O)NCCCc2ccco2)s1)c1ccccc1. The van der Waals surface area contributed by atoms with Crippen LogP contribution in [-0.4, -0.2) is 31.1 Å². The second kappa shape index (κ2) is 8.21. The fourth-order valence-corrected chi connectivity index (χ4v) is 4.12. The van der Waals surface area contributed by atoms with Gasteiger partial charge in [-0.1, -0.05) is 29.5 Å². The third-order valence-electron chi connectivity index (χ3n) is 3.36. The average Bonchev–Trinajstić information content (AvgIpc) is 3.32. The first-order chi connectivity index (χ1) is 12.5. The van der Waals surface area contributed by atoms with E-state index in [-0.39, 0.29) is 21.9 Å². The van der Waals surface area contributed by atoms with E-state index in [4.69, 9.17) is 4.42 Å². The number of anilines is 1. The number of benzene rings is 1. The number of carbonyl (C=O) groups excluding carboxylic acids is 1. The van der Waals surface area contributed by atoms with Crippen molar-refractivity contribution in [2.24, 2.45) is 0 Å². The van der Waals surface area contributed by atoms with Crippen LogP contribution in [0.5, 0.6) is 0 Å². The Balaban J connectivity index is 1.54. The summed E-state index contributed by atoms with van der Waals surface area (Å²) in [6.07, 6.45) is 2.79. The van der Waals surface area contributed by atoms with Gasteiger partial charge in [0.05, 0.1) is 6.26 Å². The van der Waals surface area contributed by atoms with Crippen LogP contribution in [0.3, 0.4) is 0 Å². The van der Waals surface area contributed by atoms with E-state index >= 15 is 0 Å². The standard InChI is InChI=1S/C16H16N4O4S2/c21-14(12-6-2-1-3-7-12)18-15-19-20-16(25-15)26(22,23)17-10-4-8-13-9-5-11-24-13/h1-3,5-7,9,11,17H,4,8,10H2,(H,18,19,21). The van der Waals surface area contributed by atoms with Crippen molar-refractivity contribution >= 4 is 32.4 Å². The Morgan fingerprint density at radius 2 is 1.92 bits per heavy atom. The highest BCUT2D eigenvalue weighted by Crippen LogP contribution is 2.20. The van der Waals surface area contributed by atoms with E-state index in [0.717, 1.165) is 17.1 Å². The van der Waals surface area contributed by atoms with Crippen molar-refractivity contribution in [1.82, 2.24) is 14.9 Å². The summed E-state index contributed by atoms with van der Waals surface area (Å²) in [4.78, 5) is 12.1. The summed E-state index contributed by atoms with van der Waals surface area (Å²) >= 11 is 0.795. The Labute approximate surface area is 154 Å². The maximum absolute atomic E-state index is 12.2. The molecule has 0 aliphatic heterocycles. The van der Waals surface area contributed by atoms with Crippen LogP contribution < -0.4 is 10.0 Å². The Morgan fingerprint density at radius 3 is 2.65 bits per heavy atom. The highest BCUT2D eigenvalue weighted by molar-refractivity contribution is 7.91. The minimum absolute atomic E-state index is 0.120. The maximum Gasteiger partial charge on any atom is 0.269 e. The number of rotatable bonds is 8. The molecule has 3 rings (SSSR count). The van der Waals surface area contributed by atoms with Crippen LogP contribution in [0.25, 0.3) is 0 Å². The number of sulfonamides is 1. The number of aromatic nitrogens is 2. The van der Waals surface area contributed by atoms with E-state index in [9.17, 15) is 13.2 Å². The molecule has 0 saturated carbocycles. The number of aryl methyl sites for hydroxylation is 1. The zero-order valence-electron chi connectivity index (χ0n) is 13.6. The monoisotopic (exact) mass is 392 g/mol. The van der Waals surface area contributed by atoms with Gasteiger partial charge in [-0.25, -0.2) is 13.1 Å². The molecule has 0 atom stereocenters. The molecule has 3 aromatic rings. The third kappa shape index (κ3) is 4.75. The third-order valence-corrected chi connectivity index (χ3v) is 6.03. The summed E-state index contributed by atoms with van der Waals surface area (Å²) in [6, 6.07) is 12.2. The van der Waals surface area contributed by atoms with Gasteiger partial charge in [0.25, 0.3) is 15.9 Å². The van der Waals surface area contributed by atoms with Gasteiger partial charge in [-0.3, -0.25) is 10.1 Å². The molecule has 26 heavy (non-hydrogen) atoms. The Kier molecular flexibility index (Phi) is 5.76. The van der Waals surface area contributed by atoms with E-state index in [1.54, 1.807) is 42.7 Å². The molecular weight excluding hydrogens is 376 g/mol. The average molecular weight is 392 g/mol. The lowest BCUT2D eigenvalue weighted by Gasteiger charge is -2.02.